The summed E-state index contributed by atoms with van der Waals surface area (Å²) in [7, 11) is 0. The van der Waals surface area contributed by atoms with Gasteiger partial charge in [-0.25, -0.2) is 10.2 Å². The molecule has 166 valence electrons. The van der Waals surface area contributed by atoms with Crippen LogP contribution in [0.4, 0.5) is 4.79 Å². The molecule has 30 heavy (non-hydrogen) atoms. The van der Waals surface area contributed by atoms with Crippen LogP contribution in [0.1, 0.15) is 31.4 Å². The largest absolute Gasteiger partial charge is 0.450 e. The number of likely N-dealkylation sites (tertiary alicyclic amines) is 1. The van der Waals surface area contributed by atoms with Gasteiger partial charge in [-0.3, -0.25) is 10.3 Å². The van der Waals surface area contributed by atoms with Crippen LogP contribution in [0.5, 0.6) is 0 Å². The van der Waals surface area contributed by atoms with E-state index in [1.807, 2.05) is 24.0 Å². The highest BCUT2D eigenvalue weighted by molar-refractivity contribution is 6.30. The minimum absolute atomic E-state index is 0.170. The Balaban J connectivity index is 1.29. The number of halogens is 1. The quantitative estimate of drug-likeness (QED) is 0.740. The molecule has 0 radical (unpaired) electrons. The Morgan fingerprint density at radius 1 is 1.17 bits per heavy atom. The van der Waals surface area contributed by atoms with Crippen molar-refractivity contribution in [3.05, 3.63) is 34.9 Å². The van der Waals surface area contributed by atoms with Gasteiger partial charge < -0.3 is 14.5 Å². The molecule has 4 rings (SSSR count). The highest BCUT2D eigenvalue weighted by Gasteiger charge is 2.33. The van der Waals surface area contributed by atoms with Gasteiger partial charge in [0.15, 0.2) is 0 Å². The maximum Gasteiger partial charge on any atom is 0.409 e. The number of rotatable bonds is 5. The topological polar surface area (TPSA) is 60.1 Å². The maximum absolute atomic E-state index is 12.0. The van der Waals surface area contributed by atoms with Crippen LogP contribution in [-0.4, -0.2) is 85.8 Å². The summed E-state index contributed by atoms with van der Waals surface area (Å²) in [6.45, 7) is 10.1. The van der Waals surface area contributed by atoms with Crippen LogP contribution in [0.2, 0.25) is 5.02 Å². The first-order valence-electron chi connectivity index (χ1n) is 11.3. The first kappa shape index (κ1) is 21.8. The minimum atomic E-state index is -0.170. The number of ether oxygens (including phenoxy) is 1. The lowest BCUT2D eigenvalue weighted by Gasteiger charge is -2.43. The van der Waals surface area contributed by atoms with Crippen molar-refractivity contribution in [1.29, 1.82) is 0 Å². The monoisotopic (exact) mass is 435 g/mol. The molecule has 3 aliphatic rings. The zero-order valence-electron chi connectivity index (χ0n) is 17.9. The molecule has 3 saturated heterocycles. The third kappa shape index (κ3) is 5.26. The van der Waals surface area contributed by atoms with Crippen LogP contribution in [0.15, 0.2) is 24.3 Å². The molecule has 0 bridgehead atoms. The van der Waals surface area contributed by atoms with E-state index in [4.69, 9.17) is 16.3 Å². The van der Waals surface area contributed by atoms with E-state index < -0.39 is 0 Å². The third-order valence-corrected chi connectivity index (χ3v) is 6.90. The molecule has 7 nitrogen and oxygen atoms in total. The van der Waals surface area contributed by atoms with Crippen molar-refractivity contribution in [2.45, 2.75) is 31.8 Å². The lowest BCUT2D eigenvalue weighted by molar-refractivity contribution is 0.0395. The number of piperidine rings is 1. The molecule has 8 heteroatoms. The van der Waals surface area contributed by atoms with Crippen molar-refractivity contribution >= 4 is 17.7 Å². The average Bonchev–Trinajstić information content (AvgIpc) is 3.23. The Hall–Kier alpha value is -1.38. The van der Waals surface area contributed by atoms with Gasteiger partial charge in [0.25, 0.3) is 0 Å². The summed E-state index contributed by atoms with van der Waals surface area (Å²) >= 11 is 6.06. The smallest absolute Gasteiger partial charge is 0.409 e. The highest BCUT2D eigenvalue weighted by atomic mass is 35.5. The Labute approximate surface area is 184 Å². The van der Waals surface area contributed by atoms with E-state index in [9.17, 15) is 4.79 Å². The number of carbonyl (C=O) groups excluding carboxylic acids is 1. The van der Waals surface area contributed by atoms with Gasteiger partial charge >= 0.3 is 6.09 Å². The molecule has 3 aliphatic heterocycles. The van der Waals surface area contributed by atoms with E-state index in [1.165, 1.54) is 24.9 Å². The minimum Gasteiger partial charge on any atom is -0.450 e. The predicted octanol–water partition coefficient (Wildman–Crippen LogP) is 2.34. The standard InChI is InChI=1S/C22H34ClN5O2/c1-2-30-22(29)28-12-10-27(11-13-28)20-4-3-9-26(16-20)15-18-14-24-25-21(18)17-5-7-19(23)8-6-17/h5-8,18,20-21,24-25H,2-4,9-16H2,1H3. The summed E-state index contributed by atoms with van der Waals surface area (Å²) in [4.78, 5) is 19.0. The van der Waals surface area contributed by atoms with E-state index in [-0.39, 0.29) is 6.09 Å². The molecule has 1 amide bonds. The fraction of sp³-hybridized carbons (Fsp3) is 0.682. The van der Waals surface area contributed by atoms with E-state index in [2.05, 4.69) is 32.8 Å². The number of hydrogen-bond donors (Lipinski definition) is 2. The van der Waals surface area contributed by atoms with Crippen LogP contribution in [-0.2, 0) is 4.74 Å². The molecule has 3 fully saturated rings. The molecule has 1 aromatic carbocycles. The summed E-state index contributed by atoms with van der Waals surface area (Å²) in [6, 6.07) is 9.10. The normalized spacial score (nSPS) is 28.6. The molecular weight excluding hydrogens is 402 g/mol. The van der Waals surface area contributed by atoms with Crippen LogP contribution in [0.3, 0.4) is 0 Å². The maximum atomic E-state index is 12.0. The van der Waals surface area contributed by atoms with Crippen molar-refractivity contribution in [2.24, 2.45) is 5.92 Å². The summed E-state index contributed by atoms with van der Waals surface area (Å²) in [5.74, 6) is 0.533. The van der Waals surface area contributed by atoms with E-state index in [1.54, 1.807) is 0 Å². The fourth-order valence-electron chi connectivity index (χ4n) is 5.04. The molecule has 0 aromatic heterocycles. The SMILES string of the molecule is CCOC(=O)N1CCN(C2CCCN(CC3CNNC3c3ccc(Cl)cc3)C2)CC1. The first-order valence-corrected chi connectivity index (χ1v) is 11.6. The summed E-state index contributed by atoms with van der Waals surface area (Å²) in [5, 5.41) is 0.781. The molecule has 0 spiro atoms. The van der Waals surface area contributed by atoms with E-state index >= 15 is 0 Å². The molecule has 1 aromatic rings. The number of nitrogens with zero attached hydrogens (tertiary/aromatic N) is 3. The van der Waals surface area contributed by atoms with Crippen molar-refractivity contribution < 1.29 is 9.53 Å². The number of piperazine rings is 1. The van der Waals surface area contributed by atoms with Crippen LogP contribution in [0.25, 0.3) is 0 Å². The molecule has 0 saturated carbocycles. The Bertz CT molecular complexity index is 695. The number of hydrazine groups is 1. The van der Waals surface area contributed by atoms with Gasteiger partial charge in [0.1, 0.15) is 0 Å². The lowest BCUT2D eigenvalue weighted by atomic mass is 9.93. The Kier molecular flexibility index (Phi) is 7.49. The third-order valence-electron chi connectivity index (χ3n) is 6.65. The van der Waals surface area contributed by atoms with E-state index in [0.717, 1.165) is 50.8 Å². The van der Waals surface area contributed by atoms with Crippen LogP contribution in [0, 0.1) is 5.92 Å². The second kappa shape index (κ2) is 10.3. The van der Waals surface area contributed by atoms with Crippen LogP contribution < -0.4 is 10.9 Å². The second-order valence-electron chi connectivity index (χ2n) is 8.59. The summed E-state index contributed by atoms with van der Waals surface area (Å²) in [5.41, 5.74) is 8.10. The molecular formula is C22H34ClN5O2. The van der Waals surface area contributed by atoms with Gasteiger partial charge in [0, 0.05) is 62.8 Å². The van der Waals surface area contributed by atoms with Crippen molar-refractivity contribution in [1.82, 2.24) is 25.6 Å². The summed E-state index contributed by atoms with van der Waals surface area (Å²) in [6.07, 6.45) is 2.32. The lowest BCUT2D eigenvalue weighted by Crippen LogP contribution is -2.56. The van der Waals surface area contributed by atoms with Gasteiger partial charge in [-0.05, 0) is 44.0 Å². The second-order valence-corrected chi connectivity index (χ2v) is 9.03. The van der Waals surface area contributed by atoms with Crippen molar-refractivity contribution in [2.75, 3.05) is 59.0 Å². The Morgan fingerprint density at radius 3 is 2.67 bits per heavy atom. The zero-order chi connectivity index (χ0) is 20.9. The number of hydrogen-bond acceptors (Lipinski definition) is 6. The zero-order valence-corrected chi connectivity index (χ0v) is 18.6. The fourth-order valence-corrected chi connectivity index (χ4v) is 5.17. The van der Waals surface area contributed by atoms with Gasteiger partial charge in [-0.2, -0.15) is 0 Å². The molecule has 0 aliphatic carbocycles. The van der Waals surface area contributed by atoms with Gasteiger partial charge in [0.05, 0.1) is 12.6 Å². The van der Waals surface area contributed by atoms with Crippen molar-refractivity contribution in [3.8, 4) is 0 Å². The molecule has 3 heterocycles. The summed E-state index contributed by atoms with van der Waals surface area (Å²) < 4.78 is 5.15. The molecule has 3 atom stereocenters. The highest BCUT2D eigenvalue weighted by Crippen LogP contribution is 2.28. The van der Waals surface area contributed by atoms with Gasteiger partial charge in [-0.1, -0.05) is 23.7 Å². The molecule has 3 unspecified atom stereocenters. The number of benzene rings is 1. The Morgan fingerprint density at radius 2 is 1.93 bits per heavy atom. The predicted molar refractivity (Wildman–Crippen MR) is 118 cm³/mol. The van der Waals surface area contributed by atoms with E-state index in [0.29, 0.717) is 24.6 Å². The first-order chi connectivity index (χ1) is 14.6. The molecule has 2 N–H and O–H groups in total. The number of amides is 1. The van der Waals surface area contributed by atoms with Gasteiger partial charge in [0.2, 0.25) is 0 Å². The van der Waals surface area contributed by atoms with Crippen molar-refractivity contribution in [3.63, 3.8) is 0 Å². The van der Waals surface area contributed by atoms with Crippen LogP contribution >= 0.6 is 11.6 Å². The van der Waals surface area contributed by atoms with Gasteiger partial charge in [-0.15, -0.1) is 0 Å². The average molecular weight is 436 g/mol. The number of carbonyl (C=O) groups is 1. The number of nitrogens with one attached hydrogen (secondary N) is 2.